The lowest BCUT2D eigenvalue weighted by Gasteiger charge is -1.88. The van der Waals surface area contributed by atoms with Crippen LogP contribution in [0.15, 0.2) is 35.1 Å². The minimum Gasteiger partial charge on any atom is -0.241 e. The lowest BCUT2D eigenvalue weighted by atomic mass is 10.2. The van der Waals surface area contributed by atoms with E-state index in [0.717, 1.165) is 5.56 Å². The number of aromatic nitrogens is 3. The molecule has 0 aliphatic heterocycles. The zero-order valence-electron chi connectivity index (χ0n) is 8.11. The van der Waals surface area contributed by atoms with Gasteiger partial charge >= 0.3 is 0 Å². The summed E-state index contributed by atoms with van der Waals surface area (Å²) >= 11 is 3.20. The predicted octanol–water partition coefficient (Wildman–Crippen LogP) is 1.98. The predicted molar refractivity (Wildman–Crippen MR) is 61.1 cm³/mol. The molecule has 0 radical (unpaired) electrons. The second-order valence-corrected chi connectivity index (χ2v) is 3.65. The van der Waals surface area contributed by atoms with E-state index in [0.29, 0.717) is 10.6 Å². The monoisotopic (exact) mass is 261 g/mol. The maximum Gasteiger partial charge on any atom is 0.218 e. The third-order valence-corrected chi connectivity index (χ3v) is 2.17. The van der Waals surface area contributed by atoms with E-state index in [1.54, 1.807) is 4.68 Å². The van der Waals surface area contributed by atoms with Gasteiger partial charge in [0.05, 0.1) is 0 Å². The Kier molecular flexibility index (Phi) is 2.84. The van der Waals surface area contributed by atoms with Crippen molar-refractivity contribution < 1.29 is 0 Å². The molecule has 0 aliphatic rings. The summed E-state index contributed by atoms with van der Waals surface area (Å²) in [5, 5.41) is 4.04. The van der Waals surface area contributed by atoms with E-state index in [-0.39, 0.29) is 0 Å². The van der Waals surface area contributed by atoms with Gasteiger partial charge in [-0.05, 0) is 34.0 Å². The largest absolute Gasteiger partial charge is 0.241 e. The van der Waals surface area contributed by atoms with Gasteiger partial charge in [-0.2, -0.15) is 4.98 Å². The Labute approximate surface area is 96.3 Å². The highest BCUT2D eigenvalue weighted by Crippen LogP contribution is 2.02. The van der Waals surface area contributed by atoms with Crippen LogP contribution >= 0.6 is 15.9 Å². The second-order valence-electron chi connectivity index (χ2n) is 2.94. The smallest absolute Gasteiger partial charge is 0.218 e. The molecular formula is C11H8BrN3. The molecule has 0 saturated heterocycles. The van der Waals surface area contributed by atoms with Crippen molar-refractivity contribution >= 4 is 15.9 Å². The molecule has 1 aromatic carbocycles. The molecule has 3 nitrogen and oxygen atoms in total. The van der Waals surface area contributed by atoms with Crippen LogP contribution in [0.2, 0.25) is 0 Å². The van der Waals surface area contributed by atoms with Crippen LogP contribution in [0.3, 0.4) is 0 Å². The minimum atomic E-state index is 0.558. The van der Waals surface area contributed by atoms with Gasteiger partial charge in [0.2, 0.25) is 10.6 Å². The summed E-state index contributed by atoms with van der Waals surface area (Å²) in [6.07, 6.45) is 0. The van der Waals surface area contributed by atoms with Crippen LogP contribution in [0.1, 0.15) is 11.4 Å². The van der Waals surface area contributed by atoms with Gasteiger partial charge in [0.15, 0.2) is 0 Å². The van der Waals surface area contributed by atoms with Crippen molar-refractivity contribution in [1.82, 2.24) is 14.8 Å². The lowest BCUT2D eigenvalue weighted by molar-refractivity contribution is 0.749. The van der Waals surface area contributed by atoms with Gasteiger partial charge < -0.3 is 0 Å². The van der Waals surface area contributed by atoms with E-state index in [9.17, 15) is 0 Å². The first-order chi connectivity index (χ1) is 7.25. The van der Waals surface area contributed by atoms with E-state index >= 15 is 0 Å². The molecule has 0 aliphatic carbocycles. The van der Waals surface area contributed by atoms with Gasteiger partial charge in [0.1, 0.15) is 0 Å². The number of halogens is 1. The first-order valence-electron chi connectivity index (χ1n) is 4.39. The Hall–Kier alpha value is -1.60. The van der Waals surface area contributed by atoms with E-state index < -0.39 is 0 Å². The molecule has 0 bridgehead atoms. The molecule has 1 heterocycles. The van der Waals surface area contributed by atoms with E-state index in [1.807, 2.05) is 37.4 Å². The molecule has 0 fully saturated rings. The molecule has 2 rings (SSSR count). The van der Waals surface area contributed by atoms with E-state index in [1.165, 1.54) is 0 Å². The van der Waals surface area contributed by atoms with Crippen molar-refractivity contribution in [2.75, 3.05) is 0 Å². The fourth-order valence-corrected chi connectivity index (χ4v) is 1.52. The van der Waals surface area contributed by atoms with Gasteiger partial charge in [-0.15, -0.1) is 5.10 Å². The van der Waals surface area contributed by atoms with Crippen LogP contribution in [-0.4, -0.2) is 14.8 Å². The van der Waals surface area contributed by atoms with Crippen molar-refractivity contribution in [2.45, 2.75) is 0 Å². The summed E-state index contributed by atoms with van der Waals surface area (Å²) in [6, 6.07) is 9.79. The first kappa shape index (κ1) is 9.94. The highest BCUT2D eigenvalue weighted by atomic mass is 79.9. The number of hydrogen-bond donors (Lipinski definition) is 0. The van der Waals surface area contributed by atoms with Crippen LogP contribution in [0.25, 0.3) is 0 Å². The Morgan fingerprint density at radius 2 is 1.93 bits per heavy atom. The molecule has 0 atom stereocenters. The maximum atomic E-state index is 4.12. The minimum absolute atomic E-state index is 0.558. The topological polar surface area (TPSA) is 30.7 Å². The molecule has 2 aromatic rings. The first-order valence-corrected chi connectivity index (χ1v) is 5.18. The number of nitrogens with zero attached hydrogens (tertiary/aromatic N) is 3. The molecule has 0 amide bonds. The van der Waals surface area contributed by atoms with Crippen LogP contribution in [0.4, 0.5) is 0 Å². The highest BCUT2D eigenvalue weighted by molar-refractivity contribution is 9.10. The Morgan fingerprint density at radius 3 is 2.53 bits per heavy atom. The second kappa shape index (κ2) is 4.28. The van der Waals surface area contributed by atoms with Gasteiger partial charge in [0, 0.05) is 12.6 Å². The molecule has 0 spiro atoms. The normalized spacial score (nSPS) is 9.47. The van der Waals surface area contributed by atoms with Gasteiger partial charge in [-0.1, -0.05) is 24.1 Å². The lowest BCUT2D eigenvalue weighted by Crippen LogP contribution is -1.94. The summed E-state index contributed by atoms with van der Waals surface area (Å²) in [5.74, 6) is 6.62. The molecular weight excluding hydrogens is 254 g/mol. The molecule has 0 unspecified atom stereocenters. The summed E-state index contributed by atoms with van der Waals surface area (Å²) in [5.41, 5.74) is 0.969. The standard InChI is InChI=1S/C11H8BrN3/c1-15-10(13-11(12)14-15)8-7-9-5-3-2-4-6-9/h2-6H,1H3. The van der Waals surface area contributed by atoms with Crippen LogP contribution in [0.5, 0.6) is 0 Å². The van der Waals surface area contributed by atoms with Crippen molar-refractivity contribution in [3.63, 3.8) is 0 Å². The molecule has 15 heavy (non-hydrogen) atoms. The molecule has 0 N–H and O–H groups in total. The fraction of sp³-hybridized carbons (Fsp3) is 0.0909. The number of rotatable bonds is 0. The van der Waals surface area contributed by atoms with Gasteiger partial charge in [-0.25, -0.2) is 4.68 Å². The van der Waals surface area contributed by atoms with E-state index in [4.69, 9.17) is 0 Å². The van der Waals surface area contributed by atoms with Crippen molar-refractivity contribution in [2.24, 2.45) is 7.05 Å². The SMILES string of the molecule is Cn1nc(Br)nc1C#Cc1ccccc1. The maximum absolute atomic E-state index is 4.12. The summed E-state index contributed by atoms with van der Waals surface area (Å²) < 4.78 is 2.20. The van der Waals surface area contributed by atoms with E-state index in [2.05, 4.69) is 37.9 Å². The summed E-state index contributed by atoms with van der Waals surface area (Å²) in [6.45, 7) is 0. The average Bonchev–Trinajstić information content (AvgIpc) is 2.56. The van der Waals surface area contributed by atoms with Gasteiger partial charge in [0.25, 0.3) is 0 Å². The Bertz CT molecular complexity index is 520. The van der Waals surface area contributed by atoms with Gasteiger partial charge in [-0.3, -0.25) is 0 Å². The van der Waals surface area contributed by atoms with Crippen LogP contribution in [-0.2, 0) is 7.05 Å². The number of benzene rings is 1. The number of hydrogen-bond acceptors (Lipinski definition) is 2. The third kappa shape index (κ3) is 2.45. The Balaban J connectivity index is 2.30. The zero-order chi connectivity index (χ0) is 10.7. The zero-order valence-corrected chi connectivity index (χ0v) is 9.69. The Morgan fingerprint density at radius 1 is 1.20 bits per heavy atom. The van der Waals surface area contributed by atoms with Crippen molar-refractivity contribution in [3.05, 3.63) is 46.5 Å². The molecule has 74 valence electrons. The summed E-state index contributed by atoms with van der Waals surface area (Å²) in [7, 11) is 1.81. The quantitative estimate of drug-likeness (QED) is 0.680. The average molecular weight is 262 g/mol. The molecule has 0 saturated carbocycles. The van der Waals surface area contributed by atoms with Crippen molar-refractivity contribution in [1.29, 1.82) is 0 Å². The van der Waals surface area contributed by atoms with Crippen molar-refractivity contribution in [3.8, 4) is 11.8 Å². The molecule has 1 aromatic heterocycles. The van der Waals surface area contributed by atoms with Crippen LogP contribution < -0.4 is 0 Å². The number of aryl methyl sites for hydroxylation is 1. The fourth-order valence-electron chi connectivity index (χ4n) is 1.11. The van der Waals surface area contributed by atoms with Crippen LogP contribution in [0, 0.1) is 11.8 Å². The highest BCUT2D eigenvalue weighted by Gasteiger charge is 1.99. The molecule has 4 heteroatoms. The third-order valence-electron chi connectivity index (χ3n) is 1.83. The summed E-state index contributed by atoms with van der Waals surface area (Å²) in [4.78, 5) is 4.12.